The monoisotopic (exact) mass is 431 g/mol. The zero-order chi connectivity index (χ0) is 23.2. The first-order valence-corrected chi connectivity index (χ1v) is 8.61. The number of rotatable bonds is 3. The molecule has 8 nitrogen and oxygen atoms in total. The summed E-state index contributed by atoms with van der Waals surface area (Å²) in [7, 11) is 0. The van der Waals surface area contributed by atoms with E-state index in [0.717, 1.165) is 17.1 Å². The summed E-state index contributed by atoms with van der Waals surface area (Å²) >= 11 is 0. The maximum atomic E-state index is 12.2. The number of alkyl halides is 3. The molecule has 0 aliphatic rings. The SMILES string of the molecule is Cc1ncn(-c2ccc(NC(=O)c3ccnc(C#N)c3)cc2)c1C.O=C(O)C(F)(F)F. The molecule has 0 bridgehead atoms. The molecular formula is C20H16F3N5O3. The van der Waals surface area contributed by atoms with Crippen molar-refractivity contribution in [2.75, 3.05) is 5.32 Å². The van der Waals surface area contributed by atoms with Crippen molar-refractivity contribution in [3.63, 3.8) is 0 Å². The van der Waals surface area contributed by atoms with Gasteiger partial charge in [0.15, 0.2) is 0 Å². The Bertz CT molecular complexity index is 1130. The van der Waals surface area contributed by atoms with Crippen LogP contribution in [0.4, 0.5) is 18.9 Å². The van der Waals surface area contributed by atoms with Crippen LogP contribution in [0.1, 0.15) is 27.4 Å². The number of halogens is 3. The zero-order valence-corrected chi connectivity index (χ0v) is 16.3. The molecule has 1 amide bonds. The number of hydrogen-bond donors (Lipinski definition) is 2. The highest BCUT2D eigenvalue weighted by molar-refractivity contribution is 6.04. The van der Waals surface area contributed by atoms with Crippen LogP contribution < -0.4 is 5.32 Å². The lowest BCUT2D eigenvalue weighted by atomic mass is 10.2. The number of aliphatic carboxylic acids is 1. The average Bonchev–Trinajstić information content (AvgIpc) is 3.07. The van der Waals surface area contributed by atoms with Gasteiger partial charge >= 0.3 is 12.1 Å². The number of carboxylic acids is 1. The summed E-state index contributed by atoms with van der Waals surface area (Å²) in [5.41, 5.74) is 4.32. The summed E-state index contributed by atoms with van der Waals surface area (Å²) in [6.07, 6.45) is -1.86. The van der Waals surface area contributed by atoms with Crippen molar-refractivity contribution in [3.8, 4) is 11.8 Å². The summed E-state index contributed by atoms with van der Waals surface area (Å²) in [5, 5.41) is 18.8. The van der Waals surface area contributed by atoms with E-state index < -0.39 is 12.1 Å². The van der Waals surface area contributed by atoms with Gasteiger partial charge in [0.2, 0.25) is 0 Å². The predicted molar refractivity (Wildman–Crippen MR) is 104 cm³/mol. The van der Waals surface area contributed by atoms with Gasteiger partial charge < -0.3 is 15.0 Å². The number of carbonyl (C=O) groups is 2. The molecule has 2 heterocycles. The van der Waals surface area contributed by atoms with Crippen LogP contribution in [0.3, 0.4) is 0 Å². The van der Waals surface area contributed by atoms with Crippen LogP contribution in [0.2, 0.25) is 0 Å². The van der Waals surface area contributed by atoms with Gasteiger partial charge in [-0.3, -0.25) is 4.79 Å². The maximum absolute atomic E-state index is 12.2. The number of pyridine rings is 1. The summed E-state index contributed by atoms with van der Waals surface area (Å²) < 4.78 is 33.7. The number of benzene rings is 1. The molecule has 160 valence electrons. The number of nitrogens with one attached hydrogen (secondary N) is 1. The third-order valence-electron chi connectivity index (χ3n) is 4.03. The minimum atomic E-state index is -5.08. The molecular weight excluding hydrogens is 415 g/mol. The molecule has 0 spiro atoms. The van der Waals surface area contributed by atoms with E-state index in [1.54, 1.807) is 12.4 Å². The second-order valence-corrected chi connectivity index (χ2v) is 6.13. The summed E-state index contributed by atoms with van der Waals surface area (Å²) in [6, 6.07) is 12.4. The van der Waals surface area contributed by atoms with E-state index in [1.807, 2.05) is 48.7 Å². The highest BCUT2D eigenvalue weighted by Crippen LogP contribution is 2.17. The highest BCUT2D eigenvalue weighted by Gasteiger charge is 2.38. The molecule has 0 fully saturated rings. The molecule has 0 aliphatic carbocycles. The minimum absolute atomic E-state index is 0.212. The molecule has 3 rings (SSSR count). The van der Waals surface area contributed by atoms with Crippen molar-refractivity contribution >= 4 is 17.6 Å². The Morgan fingerprint density at radius 3 is 2.23 bits per heavy atom. The average molecular weight is 431 g/mol. The van der Waals surface area contributed by atoms with E-state index in [4.69, 9.17) is 15.2 Å². The second-order valence-electron chi connectivity index (χ2n) is 6.13. The zero-order valence-electron chi connectivity index (χ0n) is 16.3. The Morgan fingerprint density at radius 1 is 1.13 bits per heavy atom. The van der Waals surface area contributed by atoms with Gasteiger partial charge in [-0.15, -0.1) is 0 Å². The number of hydrogen-bond acceptors (Lipinski definition) is 5. The third-order valence-corrected chi connectivity index (χ3v) is 4.03. The Morgan fingerprint density at radius 2 is 1.74 bits per heavy atom. The van der Waals surface area contributed by atoms with E-state index in [9.17, 15) is 18.0 Å². The van der Waals surface area contributed by atoms with Crippen molar-refractivity contribution in [1.82, 2.24) is 14.5 Å². The highest BCUT2D eigenvalue weighted by atomic mass is 19.4. The van der Waals surface area contributed by atoms with Crippen LogP contribution in [-0.2, 0) is 4.79 Å². The fourth-order valence-corrected chi connectivity index (χ4v) is 2.30. The third kappa shape index (κ3) is 6.14. The van der Waals surface area contributed by atoms with E-state index in [-0.39, 0.29) is 11.6 Å². The second kappa shape index (κ2) is 9.53. The molecule has 11 heteroatoms. The molecule has 0 saturated heterocycles. The Kier molecular flexibility index (Phi) is 7.10. The lowest BCUT2D eigenvalue weighted by Crippen LogP contribution is -2.21. The smallest absolute Gasteiger partial charge is 0.475 e. The molecule has 31 heavy (non-hydrogen) atoms. The van der Waals surface area contributed by atoms with Gasteiger partial charge in [0.25, 0.3) is 5.91 Å². The van der Waals surface area contributed by atoms with Crippen LogP contribution in [0.5, 0.6) is 0 Å². The Hall–Kier alpha value is -4.20. The number of anilines is 1. The predicted octanol–water partition coefficient (Wildman–Crippen LogP) is 3.64. The maximum Gasteiger partial charge on any atom is 0.490 e. The number of amides is 1. The van der Waals surface area contributed by atoms with E-state index in [2.05, 4.69) is 15.3 Å². The quantitative estimate of drug-likeness (QED) is 0.653. The Balaban J connectivity index is 0.000000423. The van der Waals surface area contributed by atoms with E-state index in [1.165, 1.54) is 12.3 Å². The first-order chi connectivity index (χ1) is 14.5. The fraction of sp³-hybridized carbons (Fsp3) is 0.150. The standard InChI is InChI=1S/C18H15N5O.C2HF3O2/c1-12-13(2)23(11-21-12)17-5-3-15(4-6-17)22-18(24)14-7-8-20-16(9-14)10-19;3-2(4,5)1(6)7/h3-9,11H,1-2H3,(H,22,24);(H,6,7). The number of aryl methyl sites for hydroxylation is 1. The number of aromatic nitrogens is 3. The van der Waals surface area contributed by atoms with Gasteiger partial charge in [-0.2, -0.15) is 18.4 Å². The molecule has 2 aromatic heterocycles. The lowest BCUT2D eigenvalue weighted by Gasteiger charge is -2.08. The van der Waals surface area contributed by atoms with Gasteiger partial charge in [-0.05, 0) is 50.2 Å². The summed E-state index contributed by atoms with van der Waals surface area (Å²) in [4.78, 5) is 29.3. The van der Waals surface area contributed by atoms with Gasteiger partial charge in [0.05, 0.1) is 12.0 Å². The first kappa shape index (κ1) is 23.1. The molecule has 2 N–H and O–H groups in total. The fourth-order valence-electron chi connectivity index (χ4n) is 2.30. The number of nitriles is 1. The molecule has 0 radical (unpaired) electrons. The van der Waals surface area contributed by atoms with Crippen LogP contribution in [0.25, 0.3) is 5.69 Å². The normalized spacial score (nSPS) is 10.5. The van der Waals surface area contributed by atoms with Crippen molar-refractivity contribution in [3.05, 3.63) is 71.6 Å². The number of carboxylic acid groups (broad SMARTS) is 1. The summed E-state index contributed by atoms with van der Waals surface area (Å²) in [6.45, 7) is 3.97. The topological polar surface area (TPSA) is 121 Å². The van der Waals surface area contributed by atoms with Crippen LogP contribution >= 0.6 is 0 Å². The largest absolute Gasteiger partial charge is 0.490 e. The number of nitrogens with zero attached hydrogens (tertiary/aromatic N) is 4. The number of carbonyl (C=O) groups excluding carboxylic acids is 1. The molecule has 0 atom stereocenters. The van der Waals surface area contributed by atoms with Gasteiger partial charge in [0, 0.05) is 28.8 Å². The van der Waals surface area contributed by atoms with Crippen molar-refractivity contribution < 1.29 is 27.9 Å². The van der Waals surface area contributed by atoms with Crippen LogP contribution in [0, 0.1) is 25.2 Å². The van der Waals surface area contributed by atoms with Crippen LogP contribution in [-0.4, -0.2) is 37.7 Å². The lowest BCUT2D eigenvalue weighted by molar-refractivity contribution is -0.192. The van der Waals surface area contributed by atoms with Crippen molar-refractivity contribution in [2.45, 2.75) is 20.0 Å². The summed E-state index contributed by atoms with van der Waals surface area (Å²) in [5.74, 6) is -3.04. The molecule has 0 unspecified atom stereocenters. The van der Waals surface area contributed by atoms with E-state index in [0.29, 0.717) is 11.3 Å². The molecule has 0 aliphatic heterocycles. The minimum Gasteiger partial charge on any atom is -0.475 e. The molecule has 1 aromatic carbocycles. The first-order valence-electron chi connectivity index (χ1n) is 8.61. The van der Waals surface area contributed by atoms with Crippen molar-refractivity contribution in [2.24, 2.45) is 0 Å². The van der Waals surface area contributed by atoms with Gasteiger partial charge in [0.1, 0.15) is 11.8 Å². The molecule has 3 aromatic rings. The van der Waals surface area contributed by atoms with Crippen molar-refractivity contribution in [1.29, 1.82) is 5.26 Å². The van der Waals surface area contributed by atoms with E-state index >= 15 is 0 Å². The van der Waals surface area contributed by atoms with Crippen LogP contribution in [0.15, 0.2) is 48.9 Å². The number of imidazole rings is 1. The van der Waals surface area contributed by atoms with Gasteiger partial charge in [-0.1, -0.05) is 0 Å². The Labute approximate surface area is 174 Å². The van der Waals surface area contributed by atoms with Gasteiger partial charge in [-0.25, -0.2) is 14.8 Å². The molecule has 0 saturated carbocycles.